The minimum atomic E-state index is -0.103. The number of likely N-dealkylation sites (tertiary alicyclic amines) is 2. The molecule has 2 saturated heterocycles. The average molecular weight is 356 g/mol. The number of carbonyl (C=O) groups excluding carboxylic acids is 2. The van der Waals surface area contributed by atoms with Crippen molar-refractivity contribution in [1.82, 2.24) is 29.8 Å². The molecule has 0 atom stereocenters. The molecule has 136 valence electrons. The molecule has 2 aliphatic rings. The zero-order valence-corrected chi connectivity index (χ0v) is 14.5. The van der Waals surface area contributed by atoms with E-state index in [0.717, 1.165) is 18.7 Å². The van der Waals surface area contributed by atoms with Gasteiger partial charge in [-0.25, -0.2) is 9.67 Å². The van der Waals surface area contributed by atoms with Gasteiger partial charge in [-0.3, -0.25) is 9.59 Å². The standard InChI is InChI=1S/C17H20N6O3/c1-26-16-14(4-2-6-18-16)17(25)22-10-13(11-22)23-9-12(19-20-23)8-21-7-3-5-15(21)24/h2,4,6,9,13H,3,5,7-8,10-11H2,1H3. The molecule has 0 N–H and O–H groups in total. The molecule has 2 fully saturated rings. The molecular formula is C17H20N6O3. The van der Waals surface area contributed by atoms with Crippen molar-refractivity contribution in [1.29, 1.82) is 0 Å². The summed E-state index contributed by atoms with van der Waals surface area (Å²) < 4.78 is 6.93. The fraction of sp³-hybridized carbons (Fsp3) is 0.471. The van der Waals surface area contributed by atoms with Crippen LogP contribution in [-0.2, 0) is 11.3 Å². The average Bonchev–Trinajstić information content (AvgIpc) is 3.23. The van der Waals surface area contributed by atoms with Gasteiger partial charge in [0.25, 0.3) is 5.91 Å². The van der Waals surface area contributed by atoms with Crippen molar-refractivity contribution in [2.24, 2.45) is 0 Å². The van der Waals surface area contributed by atoms with Crippen molar-refractivity contribution in [3.63, 3.8) is 0 Å². The molecule has 0 aliphatic carbocycles. The van der Waals surface area contributed by atoms with Crippen LogP contribution >= 0.6 is 0 Å². The van der Waals surface area contributed by atoms with Gasteiger partial charge in [-0.2, -0.15) is 0 Å². The molecule has 0 saturated carbocycles. The molecular weight excluding hydrogens is 336 g/mol. The third kappa shape index (κ3) is 3.00. The molecule has 2 aliphatic heterocycles. The molecule has 0 radical (unpaired) electrons. The van der Waals surface area contributed by atoms with Crippen LogP contribution in [0.5, 0.6) is 5.88 Å². The largest absolute Gasteiger partial charge is 0.480 e. The van der Waals surface area contributed by atoms with E-state index in [4.69, 9.17) is 4.74 Å². The van der Waals surface area contributed by atoms with Gasteiger partial charge < -0.3 is 14.5 Å². The van der Waals surface area contributed by atoms with Crippen LogP contribution in [0.2, 0.25) is 0 Å². The summed E-state index contributed by atoms with van der Waals surface area (Å²) in [6, 6.07) is 3.52. The second-order valence-corrected chi connectivity index (χ2v) is 6.53. The molecule has 2 aromatic rings. The molecule has 2 amide bonds. The van der Waals surface area contributed by atoms with Crippen LogP contribution < -0.4 is 4.74 Å². The minimum Gasteiger partial charge on any atom is -0.480 e. The molecule has 9 heteroatoms. The van der Waals surface area contributed by atoms with Crippen LogP contribution in [0.1, 0.15) is 34.9 Å². The number of amides is 2. The van der Waals surface area contributed by atoms with E-state index in [9.17, 15) is 9.59 Å². The van der Waals surface area contributed by atoms with E-state index >= 15 is 0 Å². The third-order valence-electron chi connectivity index (χ3n) is 4.80. The van der Waals surface area contributed by atoms with Gasteiger partial charge in [0.05, 0.1) is 25.9 Å². The summed E-state index contributed by atoms with van der Waals surface area (Å²) in [7, 11) is 1.50. The summed E-state index contributed by atoms with van der Waals surface area (Å²) in [5, 5.41) is 8.32. The number of ether oxygens (including phenoxy) is 1. The van der Waals surface area contributed by atoms with Crippen molar-refractivity contribution in [2.45, 2.75) is 25.4 Å². The normalized spacial score (nSPS) is 17.5. The van der Waals surface area contributed by atoms with E-state index in [1.54, 1.807) is 32.8 Å². The molecule has 0 unspecified atom stereocenters. The maximum absolute atomic E-state index is 12.6. The van der Waals surface area contributed by atoms with Crippen LogP contribution in [0, 0.1) is 0 Å². The highest BCUT2D eigenvalue weighted by molar-refractivity contribution is 5.96. The van der Waals surface area contributed by atoms with Crippen LogP contribution in [-0.4, -0.2) is 68.3 Å². The van der Waals surface area contributed by atoms with Crippen molar-refractivity contribution in [3.05, 3.63) is 35.8 Å². The highest BCUT2D eigenvalue weighted by Gasteiger charge is 2.34. The van der Waals surface area contributed by atoms with Gasteiger partial charge in [0, 0.05) is 32.3 Å². The minimum absolute atomic E-state index is 0.0946. The maximum Gasteiger partial charge on any atom is 0.259 e. The van der Waals surface area contributed by atoms with Crippen molar-refractivity contribution in [3.8, 4) is 5.88 Å². The van der Waals surface area contributed by atoms with Gasteiger partial charge >= 0.3 is 0 Å². The number of carbonyl (C=O) groups is 2. The lowest BCUT2D eigenvalue weighted by Gasteiger charge is -2.38. The predicted octanol–water partition coefficient (Wildman–Crippen LogP) is 0.501. The third-order valence-corrected chi connectivity index (χ3v) is 4.80. The number of pyridine rings is 1. The topological polar surface area (TPSA) is 93.5 Å². The van der Waals surface area contributed by atoms with Crippen molar-refractivity contribution < 1.29 is 14.3 Å². The van der Waals surface area contributed by atoms with E-state index in [0.29, 0.717) is 37.5 Å². The van der Waals surface area contributed by atoms with Gasteiger partial charge in [0.1, 0.15) is 11.3 Å². The van der Waals surface area contributed by atoms with E-state index in [-0.39, 0.29) is 17.9 Å². The Morgan fingerprint density at radius 3 is 2.96 bits per heavy atom. The first kappa shape index (κ1) is 16.5. The number of aromatic nitrogens is 4. The van der Waals surface area contributed by atoms with Crippen molar-refractivity contribution in [2.75, 3.05) is 26.7 Å². The molecule has 0 bridgehead atoms. The van der Waals surface area contributed by atoms with Gasteiger partial charge in [-0.1, -0.05) is 5.21 Å². The molecule has 26 heavy (non-hydrogen) atoms. The summed E-state index contributed by atoms with van der Waals surface area (Å²) in [5.74, 6) is 0.402. The van der Waals surface area contributed by atoms with E-state index in [1.165, 1.54) is 7.11 Å². The number of hydrogen-bond acceptors (Lipinski definition) is 6. The maximum atomic E-state index is 12.6. The number of methoxy groups -OCH3 is 1. The number of hydrogen-bond donors (Lipinski definition) is 0. The first-order valence-electron chi connectivity index (χ1n) is 8.62. The first-order chi connectivity index (χ1) is 12.7. The van der Waals surface area contributed by atoms with Crippen LogP contribution in [0.4, 0.5) is 0 Å². The highest BCUT2D eigenvalue weighted by atomic mass is 16.5. The SMILES string of the molecule is COc1ncccc1C(=O)N1CC(n2cc(CN3CCCC3=O)nn2)C1. The van der Waals surface area contributed by atoms with E-state index in [2.05, 4.69) is 15.3 Å². The predicted molar refractivity (Wildman–Crippen MR) is 90.4 cm³/mol. The van der Waals surface area contributed by atoms with Gasteiger partial charge in [0.15, 0.2) is 0 Å². The summed E-state index contributed by atoms with van der Waals surface area (Å²) in [5.41, 5.74) is 1.24. The Morgan fingerprint density at radius 2 is 2.23 bits per heavy atom. The fourth-order valence-electron chi connectivity index (χ4n) is 3.31. The van der Waals surface area contributed by atoms with E-state index < -0.39 is 0 Å². The molecule has 9 nitrogen and oxygen atoms in total. The first-order valence-corrected chi connectivity index (χ1v) is 8.62. The number of nitrogens with zero attached hydrogens (tertiary/aromatic N) is 6. The molecule has 4 heterocycles. The Hall–Kier alpha value is -2.97. The summed E-state index contributed by atoms with van der Waals surface area (Å²) >= 11 is 0. The van der Waals surface area contributed by atoms with Crippen LogP contribution in [0.15, 0.2) is 24.5 Å². The lowest BCUT2D eigenvalue weighted by molar-refractivity contribution is -0.128. The molecule has 0 spiro atoms. The molecule has 4 rings (SSSR count). The lowest BCUT2D eigenvalue weighted by Crippen LogP contribution is -2.51. The Kier molecular flexibility index (Phi) is 4.27. The van der Waals surface area contributed by atoms with Crippen LogP contribution in [0.3, 0.4) is 0 Å². The van der Waals surface area contributed by atoms with Crippen molar-refractivity contribution >= 4 is 11.8 Å². The summed E-state index contributed by atoms with van der Waals surface area (Å²) in [6.07, 6.45) is 4.98. The van der Waals surface area contributed by atoms with Crippen LogP contribution in [0.25, 0.3) is 0 Å². The summed E-state index contributed by atoms with van der Waals surface area (Å²) in [6.45, 7) is 2.40. The second kappa shape index (κ2) is 6.74. The Morgan fingerprint density at radius 1 is 1.38 bits per heavy atom. The molecule has 0 aromatic carbocycles. The highest BCUT2D eigenvalue weighted by Crippen LogP contribution is 2.25. The Balaban J connectivity index is 1.36. The lowest BCUT2D eigenvalue weighted by atomic mass is 10.1. The molecule has 2 aromatic heterocycles. The zero-order chi connectivity index (χ0) is 18.1. The Bertz CT molecular complexity index is 829. The van der Waals surface area contributed by atoms with E-state index in [1.807, 2.05) is 6.20 Å². The van der Waals surface area contributed by atoms with Gasteiger partial charge in [-0.05, 0) is 18.6 Å². The summed E-state index contributed by atoms with van der Waals surface area (Å²) in [4.78, 5) is 31.9. The van der Waals surface area contributed by atoms with Gasteiger partial charge in [0.2, 0.25) is 11.8 Å². The van der Waals surface area contributed by atoms with Gasteiger partial charge in [-0.15, -0.1) is 5.10 Å². The Labute approximate surface area is 150 Å². The fourth-order valence-corrected chi connectivity index (χ4v) is 3.31. The zero-order valence-electron chi connectivity index (χ0n) is 14.5. The monoisotopic (exact) mass is 356 g/mol. The smallest absolute Gasteiger partial charge is 0.259 e. The quantitative estimate of drug-likeness (QED) is 0.774. The number of rotatable bonds is 5. The second-order valence-electron chi connectivity index (χ2n) is 6.53.